The zero-order valence-electron chi connectivity index (χ0n) is 14.6. The molecule has 0 atom stereocenters. The summed E-state index contributed by atoms with van der Waals surface area (Å²) in [6, 6.07) is 7.32. The highest BCUT2D eigenvalue weighted by Gasteiger charge is 2.38. The van der Waals surface area contributed by atoms with Crippen LogP contribution in [0.3, 0.4) is 0 Å². The second-order valence-electron chi connectivity index (χ2n) is 6.77. The van der Waals surface area contributed by atoms with Gasteiger partial charge in [0.05, 0.1) is 21.5 Å². The predicted octanol–water partition coefficient (Wildman–Crippen LogP) is 2.09. The lowest BCUT2D eigenvalue weighted by Gasteiger charge is -2.35. The van der Waals surface area contributed by atoms with Crippen LogP contribution < -0.4 is 22.3 Å². The monoisotopic (exact) mass is 421 g/mol. The summed E-state index contributed by atoms with van der Waals surface area (Å²) in [5, 5.41) is 13.4. The third-order valence-electron chi connectivity index (χ3n) is 5.07. The van der Waals surface area contributed by atoms with Gasteiger partial charge in [0.2, 0.25) is 0 Å². The average molecular weight is 422 g/mol. The van der Waals surface area contributed by atoms with E-state index in [0.717, 1.165) is 5.56 Å². The largest absolute Gasteiger partial charge is 0.392 e. The summed E-state index contributed by atoms with van der Waals surface area (Å²) in [7, 11) is 0. The number of nitrogen functional groups attached to an aromatic ring is 1. The van der Waals surface area contributed by atoms with E-state index in [0.29, 0.717) is 35.7 Å². The molecular formula is C18H17Cl2N5O3. The number of amides is 1. The van der Waals surface area contributed by atoms with Crippen LogP contribution in [0.5, 0.6) is 0 Å². The van der Waals surface area contributed by atoms with Crippen molar-refractivity contribution in [2.24, 2.45) is 0 Å². The van der Waals surface area contributed by atoms with Crippen LogP contribution in [0.25, 0.3) is 0 Å². The van der Waals surface area contributed by atoms with Gasteiger partial charge in [-0.2, -0.15) is 5.26 Å². The first kappa shape index (κ1) is 20.0. The molecule has 1 aliphatic rings. The molecule has 10 heteroatoms. The minimum absolute atomic E-state index is 0.223. The molecule has 8 nitrogen and oxygen atoms in total. The van der Waals surface area contributed by atoms with Gasteiger partial charge >= 0.3 is 5.69 Å². The Bertz CT molecular complexity index is 1080. The number of anilines is 1. The molecule has 1 fully saturated rings. The van der Waals surface area contributed by atoms with Crippen molar-refractivity contribution in [3.8, 4) is 6.07 Å². The summed E-state index contributed by atoms with van der Waals surface area (Å²) >= 11 is 12.0. The lowest BCUT2D eigenvalue weighted by Crippen LogP contribution is -2.43. The Morgan fingerprint density at radius 2 is 1.89 bits per heavy atom. The van der Waals surface area contributed by atoms with Crippen molar-refractivity contribution in [2.45, 2.75) is 37.1 Å². The summed E-state index contributed by atoms with van der Waals surface area (Å²) < 4.78 is 0. The lowest BCUT2D eigenvalue weighted by atomic mass is 9.69. The molecule has 1 amide bonds. The number of nitrogens with one attached hydrogen (secondary N) is 3. The number of nitrogens with zero attached hydrogens (tertiary/aromatic N) is 1. The number of H-pyrrole nitrogens is 2. The number of aromatic amines is 2. The molecule has 146 valence electrons. The van der Waals surface area contributed by atoms with Crippen LogP contribution in [-0.2, 0) is 5.41 Å². The van der Waals surface area contributed by atoms with E-state index in [4.69, 9.17) is 28.9 Å². The van der Waals surface area contributed by atoms with Crippen molar-refractivity contribution >= 4 is 34.8 Å². The van der Waals surface area contributed by atoms with Crippen LogP contribution in [-0.4, -0.2) is 21.9 Å². The van der Waals surface area contributed by atoms with Gasteiger partial charge in [-0.3, -0.25) is 14.6 Å². The van der Waals surface area contributed by atoms with Crippen molar-refractivity contribution in [3.05, 3.63) is 60.3 Å². The second kappa shape index (κ2) is 7.70. The topological polar surface area (TPSA) is 145 Å². The number of nitriles is 1. The molecule has 0 radical (unpaired) electrons. The molecule has 1 aromatic heterocycles. The summed E-state index contributed by atoms with van der Waals surface area (Å²) in [6.07, 6.45) is 2.08. The van der Waals surface area contributed by atoms with Crippen LogP contribution >= 0.6 is 23.2 Å². The van der Waals surface area contributed by atoms with Crippen LogP contribution in [0.1, 0.15) is 41.7 Å². The fourth-order valence-electron chi connectivity index (χ4n) is 3.45. The number of aromatic nitrogens is 2. The van der Waals surface area contributed by atoms with E-state index >= 15 is 0 Å². The number of rotatable bonds is 3. The Kier molecular flexibility index (Phi) is 5.49. The maximum absolute atomic E-state index is 12.4. The first-order valence-corrected chi connectivity index (χ1v) is 9.31. The Labute approximate surface area is 169 Å². The highest BCUT2D eigenvalue weighted by Crippen LogP contribution is 2.40. The zero-order valence-corrected chi connectivity index (χ0v) is 16.2. The predicted molar refractivity (Wildman–Crippen MR) is 106 cm³/mol. The van der Waals surface area contributed by atoms with Crippen LogP contribution in [0.15, 0.2) is 27.8 Å². The molecule has 2 aromatic rings. The number of carbonyl (C=O) groups excluding carboxylic acids is 1. The molecule has 28 heavy (non-hydrogen) atoms. The molecule has 1 aliphatic carbocycles. The molecular weight excluding hydrogens is 405 g/mol. The first-order chi connectivity index (χ1) is 13.3. The smallest absolute Gasteiger partial charge is 0.326 e. The summed E-state index contributed by atoms with van der Waals surface area (Å²) in [4.78, 5) is 39.5. The van der Waals surface area contributed by atoms with E-state index < -0.39 is 22.6 Å². The van der Waals surface area contributed by atoms with Crippen LogP contribution in [0.4, 0.5) is 5.69 Å². The maximum Gasteiger partial charge on any atom is 0.326 e. The normalized spacial score (nSPS) is 21.7. The molecule has 5 N–H and O–H groups in total. The van der Waals surface area contributed by atoms with E-state index in [1.807, 2.05) is 4.98 Å². The molecule has 3 rings (SSSR count). The molecule has 0 aliphatic heterocycles. The van der Waals surface area contributed by atoms with Crippen molar-refractivity contribution in [1.29, 1.82) is 5.26 Å². The van der Waals surface area contributed by atoms with Gasteiger partial charge in [-0.05, 0) is 43.4 Å². The number of halogens is 2. The van der Waals surface area contributed by atoms with Crippen molar-refractivity contribution < 1.29 is 4.79 Å². The van der Waals surface area contributed by atoms with E-state index in [2.05, 4.69) is 16.4 Å². The molecule has 1 heterocycles. The summed E-state index contributed by atoms with van der Waals surface area (Å²) in [5.41, 5.74) is 3.41. The van der Waals surface area contributed by atoms with Gasteiger partial charge < -0.3 is 16.0 Å². The van der Waals surface area contributed by atoms with Crippen molar-refractivity contribution in [3.63, 3.8) is 0 Å². The van der Waals surface area contributed by atoms with Gasteiger partial charge in [0.15, 0.2) is 0 Å². The Hall–Kier alpha value is -2.76. The van der Waals surface area contributed by atoms with Crippen molar-refractivity contribution in [1.82, 2.24) is 15.3 Å². The molecule has 0 unspecified atom stereocenters. The second-order valence-corrected chi connectivity index (χ2v) is 7.58. The van der Waals surface area contributed by atoms with E-state index in [9.17, 15) is 19.6 Å². The van der Waals surface area contributed by atoms with Gasteiger partial charge in [-0.25, -0.2) is 4.79 Å². The lowest BCUT2D eigenvalue weighted by molar-refractivity contribution is 0.0917. The fraction of sp³-hybridized carbons (Fsp3) is 0.333. The molecule has 0 spiro atoms. The third-order valence-corrected chi connectivity index (χ3v) is 5.81. The number of carbonyl (C=O) groups is 1. The van der Waals surface area contributed by atoms with Gasteiger partial charge in [-0.1, -0.05) is 29.3 Å². The van der Waals surface area contributed by atoms with Crippen LogP contribution in [0, 0.1) is 11.3 Å². The quantitative estimate of drug-likeness (QED) is 0.599. The van der Waals surface area contributed by atoms with E-state index in [-0.39, 0.29) is 17.4 Å². The van der Waals surface area contributed by atoms with Gasteiger partial charge in [-0.15, -0.1) is 0 Å². The van der Waals surface area contributed by atoms with E-state index in [1.54, 1.807) is 18.2 Å². The highest BCUT2D eigenvalue weighted by molar-refractivity contribution is 6.42. The standard InChI is InChI=1S/C18H17Cl2N5O3/c19-11-2-1-9(7-12(11)20)18(8-21)5-3-10(4-6-18)23-16(27)14-13(22)15(26)25-17(28)24-14/h1-2,7,10H,3-6,22H2,(H,23,27)(H2,24,25,26,28)/t10-,18+. The molecule has 1 aromatic carbocycles. The summed E-state index contributed by atoms with van der Waals surface area (Å²) in [5.74, 6) is -0.635. The molecule has 0 saturated heterocycles. The van der Waals surface area contributed by atoms with Gasteiger partial charge in [0.1, 0.15) is 11.4 Å². The Balaban J connectivity index is 1.74. The maximum atomic E-state index is 12.4. The first-order valence-electron chi connectivity index (χ1n) is 8.55. The summed E-state index contributed by atoms with van der Waals surface area (Å²) in [6.45, 7) is 0. The Morgan fingerprint density at radius 3 is 2.50 bits per heavy atom. The number of hydrogen-bond donors (Lipinski definition) is 4. The fourth-order valence-corrected chi connectivity index (χ4v) is 3.74. The molecule has 0 bridgehead atoms. The highest BCUT2D eigenvalue weighted by atomic mass is 35.5. The van der Waals surface area contributed by atoms with Gasteiger partial charge in [0, 0.05) is 6.04 Å². The minimum Gasteiger partial charge on any atom is -0.392 e. The zero-order chi connectivity index (χ0) is 20.5. The number of benzene rings is 1. The van der Waals surface area contributed by atoms with Crippen LogP contribution in [0.2, 0.25) is 10.0 Å². The minimum atomic E-state index is -0.819. The van der Waals surface area contributed by atoms with Crippen molar-refractivity contribution in [2.75, 3.05) is 5.73 Å². The SMILES string of the molecule is N#C[C@]1(c2ccc(Cl)c(Cl)c2)CC[C@@H](NC(=O)c2[nH]c(=O)[nH]c(=O)c2N)CC1. The number of nitrogens with two attached hydrogens (primary N) is 1. The third kappa shape index (κ3) is 3.77. The average Bonchev–Trinajstić information content (AvgIpc) is 2.67. The molecule has 1 saturated carbocycles. The van der Waals surface area contributed by atoms with Gasteiger partial charge in [0.25, 0.3) is 11.5 Å². The number of hydrogen-bond acceptors (Lipinski definition) is 5. The van der Waals surface area contributed by atoms with E-state index in [1.165, 1.54) is 0 Å². The Morgan fingerprint density at radius 1 is 1.21 bits per heavy atom.